The summed E-state index contributed by atoms with van der Waals surface area (Å²) < 4.78 is 23.3. The van der Waals surface area contributed by atoms with E-state index in [0.717, 1.165) is 12.5 Å². The van der Waals surface area contributed by atoms with Gasteiger partial charge in [0.25, 0.3) is 0 Å². The molecule has 0 radical (unpaired) electrons. The molecule has 22 heavy (non-hydrogen) atoms. The number of benzene rings is 1. The standard InChI is InChI=1S/C16H20ClFO4/c1-11(2)9-10-21-14(19)7-4-8-15(20)22-16-12(17)5-3-6-13(16)18/h3,5-6,11H,4,7-10H2,1-2H3. The lowest BCUT2D eigenvalue weighted by atomic mass is 10.1. The summed E-state index contributed by atoms with van der Waals surface area (Å²) >= 11 is 5.75. The van der Waals surface area contributed by atoms with Crippen molar-refractivity contribution in [3.63, 3.8) is 0 Å². The van der Waals surface area contributed by atoms with Crippen molar-refractivity contribution in [1.29, 1.82) is 0 Å². The van der Waals surface area contributed by atoms with Crippen LogP contribution < -0.4 is 4.74 Å². The van der Waals surface area contributed by atoms with Gasteiger partial charge in [-0.25, -0.2) is 4.39 Å². The summed E-state index contributed by atoms with van der Waals surface area (Å²) in [6.45, 7) is 4.46. The average molecular weight is 331 g/mol. The molecule has 0 saturated carbocycles. The van der Waals surface area contributed by atoms with Crippen LogP contribution in [0.5, 0.6) is 5.75 Å². The molecule has 122 valence electrons. The Morgan fingerprint density at radius 2 is 1.91 bits per heavy atom. The van der Waals surface area contributed by atoms with Gasteiger partial charge in [-0.15, -0.1) is 0 Å². The first-order chi connectivity index (χ1) is 10.4. The molecule has 0 heterocycles. The highest BCUT2D eigenvalue weighted by Crippen LogP contribution is 2.27. The van der Waals surface area contributed by atoms with Crippen LogP contribution in [-0.2, 0) is 14.3 Å². The second-order valence-corrected chi connectivity index (χ2v) is 5.69. The van der Waals surface area contributed by atoms with Crippen LogP contribution in [0.1, 0.15) is 39.5 Å². The van der Waals surface area contributed by atoms with E-state index in [-0.39, 0.29) is 36.0 Å². The van der Waals surface area contributed by atoms with E-state index in [0.29, 0.717) is 12.5 Å². The van der Waals surface area contributed by atoms with Crippen molar-refractivity contribution in [2.24, 2.45) is 5.92 Å². The summed E-state index contributed by atoms with van der Waals surface area (Å²) in [7, 11) is 0. The second kappa shape index (κ2) is 9.41. The van der Waals surface area contributed by atoms with Crippen LogP contribution in [0.15, 0.2) is 18.2 Å². The van der Waals surface area contributed by atoms with Crippen LogP contribution in [0.3, 0.4) is 0 Å². The summed E-state index contributed by atoms with van der Waals surface area (Å²) in [5, 5.41) is 0.0291. The summed E-state index contributed by atoms with van der Waals surface area (Å²) in [5.41, 5.74) is 0. The topological polar surface area (TPSA) is 52.6 Å². The van der Waals surface area contributed by atoms with Crippen LogP contribution in [-0.4, -0.2) is 18.5 Å². The van der Waals surface area contributed by atoms with Crippen LogP contribution >= 0.6 is 11.6 Å². The van der Waals surface area contributed by atoms with Gasteiger partial charge in [0.05, 0.1) is 11.6 Å². The number of carbonyl (C=O) groups excluding carboxylic acids is 2. The molecule has 1 aromatic carbocycles. The zero-order valence-corrected chi connectivity index (χ0v) is 13.5. The van der Waals surface area contributed by atoms with Crippen molar-refractivity contribution in [3.05, 3.63) is 29.0 Å². The Labute approximate surface area is 134 Å². The van der Waals surface area contributed by atoms with Gasteiger partial charge < -0.3 is 9.47 Å². The maximum absolute atomic E-state index is 13.4. The number of esters is 2. The first-order valence-corrected chi connectivity index (χ1v) is 7.58. The highest BCUT2D eigenvalue weighted by Gasteiger charge is 2.14. The van der Waals surface area contributed by atoms with E-state index in [9.17, 15) is 14.0 Å². The van der Waals surface area contributed by atoms with Crippen molar-refractivity contribution in [1.82, 2.24) is 0 Å². The number of halogens is 2. The Morgan fingerprint density at radius 1 is 1.23 bits per heavy atom. The van der Waals surface area contributed by atoms with E-state index in [2.05, 4.69) is 0 Å². The third-order valence-corrected chi connectivity index (χ3v) is 3.15. The van der Waals surface area contributed by atoms with E-state index in [1.165, 1.54) is 12.1 Å². The highest BCUT2D eigenvalue weighted by atomic mass is 35.5. The van der Waals surface area contributed by atoms with Gasteiger partial charge in [-0.1, -0.05) is 31.5 Å². The summed E-state index contributed by atoms with van der Waals surface area (Å²) in [6, 6.07) is 4.00. The number of hydrogen-bond donors (Lipinski definition) is 0. The van der Waals surface area contributed by atoms with Crippen LogP contribution in [0.25, 0.3) is 0 Å². The van der Waals surface area contributed by atoms with Gasteiger partial charge in [-0.2, -0.15) is 0 Å². The molecule has 0 N–H and O–H groups in total. The third-order valence-electron chi connectivity index (χ3n) is 2.85. The highest BCUT2D eigenvalue weighted by molar-refractivity contribution is 6.32. The predicted molar refractivity (Wildman–Crippen MR) is 81.3 cm³/mol. The molecule has 0 atom stereocenters. The van der Waals surface area contributed by atoms with E-state index in [1.54, 1.807) is 0 Å². The monoisotopic (exact) mass is 330 g/mol. The van der Waals surface area contributed by atoms with Gasteiger partial charge >= 0.3 is 11.9 Å². The minimum absolute atomic E-state index is 0.00998. The number of ether oxygens (including phenoxy) is 2. The van der Waals surface area contributed by atoms with E-state index in [4.69, 9.17) is 21.1 Å². The quantitative estimate of drug-likeness (QED) is 0.531. The fourth-order valence-corrected chi connectivity index (χ4v) is 1.80. The molecule has 4 nitrogen and oxygen atoms in total. The molecule has 0 amide bonds. The third kappa shape index (κ3) is 6.89. The van der Waals surface area contributed by atoms with Crippen molar-refractivity contribution in [2.45, 2.75) is 39.5 Å². The molecule has 0 fully saturated rings. The lowest BCUT2D eigenvalue weighted by Crippen LogP contribution is -2.12. The molecule has 0 unspecified atom stereocenters. The van der Waals surface area contributed by atoms with Gasteiger partial charge in [-0.3, -0.25) is 9.59 Å². The minimum atomic E-state index is -0.700. The van der Waals surface area contributed by atoms with Crippen LogP contribution in [0.2, 0.25) is 5.02 Å². The Balaban J connectivity index is 2.28. The second-order valence-electron chi connectivity index (χ2n) is 5.28. The number of para-hydroxylation sites is 1. The molecule has 1 rings (SSSR count). The van der Waals surface area contributed by atoms with E-state index >= 15 is 0 Å². The largest absolute Gasteiger partial charge is 0.466 e. The van der Waals surface area contributed by atoms with Gasteiger partial charge in [-0.05, 0) is 30.9 Å². The summed E-state index contributed by atoms with van der Waals surface area (Å²) in [4.78, 5) is 23.0. The van der Waals surface area contributed by atoms with Crippen molar-refractivity contribution in [3.8, 4) is 5.75 Å². The lowest BCUT2D eigenvalue weighted by molar-refractivity contribution is -0.144. The molecule has 0 aliphatic heterocycles. The van der Waals surface area contributed by atoms with Gasteiger partial charge in [0.1, 0.15) is 0 Å². The molecular weight excluding hydrogens is 311 g/mol. The van der Waals surface area contributed by atoms with Gasteiger partial charge in [0.15, 0.2) is 11.6 Å². The first-order valence-electron chi connectivity index (χ1n) is 7.20. The lowest BCUT2D eigenvalue weighted by Gasteiger charge is -2.08. The molecule has 0 aromatic heterocycles. The molecule has 1 aromatic rings. The predicted octanol–water partition coefficient (Wildman–Crippen LogP) is 4.14. The van der Waals surface area contributed by atoms with Crippen molar-refractivity contribution < 1.29 is 23.5 Å². The SMILES string of the molecule is CC(C)CCOC(=O)CCCC(=O)Oc1c(F)cccc1Cl. The Bertz CT molecular complexity index is 497. The molecular formula is C16H20ClFO4. The van der Waals surface area contributed by atoms with Gasteiger partial charge in [0.2, 0.25) is 0 Å². The van der Waals surface area contributed by atoms with E-state index < -0.39 is 11.8 Å². The Hall–Kier alpha value is -1.62. The number of carbonyl (C=O) groups is 2. The van der Waals surface area contributed by atoms with Gasteiger partial charge in [0, 0.05) is 12.8 Å². The maximum atomic E-state index is 13.4. The zero-order valence-electron chi connectivity index (χ0n) is 12.7. The Kier molecular flexibility index (Phi) is 7.88. The maximum Gasteiger partial charge on any atom is 0.311 e. The van der Waals surface area contributed by atoms with E-state index in [1.807, 2.05) is 13.8 Å². The number of hydrogen-bond acceptors (Lipinski definition) is 4. The van der Waals surface area contributed by atoms with Crippen LogP contribution in [0.4, 0.5) is 4.39 Å². The first kappa shape index (κ1) is 18.4. The molecule has 0 saturated heterocycles. The zero-order chi connectivity index (χ0) is 16.5. The molecule has 0 aliphatic carbocycles. The number of rotatable bonds is 8. The Morgan fingerprint density at radius 3 is 2.55 bits per heavy atom. The summed E-state index contributed by atoms with van der Waals surface area (Å²) in [6.07, 6.45) is 1.20. The minimum Gasteiger partial charge on any atom is -0.466 e. The smallest absolute Gasteiger partial charge is 0.311 e. The van der Waals surface area contributed by atoms with Crippen molar-refractivity contribution >= 4 is 23.5 Å². The van der Waals surface area contributed by atoms with Crippen molar-refractivity contribution in [2.75, 3.05) is 6.61 Å². The molecule has 0 spiro atoms. The molecule has 0 aliphatic rings. The molecule has 6 heteroatoms. The fraction of sp³-hybridized carbons (Fsp3) is 0.500. The average Bonchev–Trinajstić information content (AvgIpc) is 2.42. The normalized spacial score (nSPS) is 10.6. The summed E-state index contributed by atoms with van der Waals surface area (Å²) in [5.74, 6) is -1.50. The molecule has 0 bridgehead atoms. The fourth-order valence-electron chi connectivity index (χ4n) is 1.60. The van der Waals surface area contributed by atoms with Crippen LogP contribution in [0, 0.1) is 11.7 Å².